The average molecular weight is 503 g/mol. The van der Waals surface area contributed by atoms with Gasteiger partial charge in [0.1, 0.15) is 18.6 Å². The predicted molar refractivity (Wildman–Crippen MR) is 139 cm³/mol. The summed E-state index contributed by atoms with van der Waals surface area (Å²) in [7, 11) is 0. The van der Waals surface area contributed by atoms with Crippen LogP contribution < -0.4 is 0 Å². The molecule has 0 amide bonds. The van der Waals surface area contributed by atoms with Crippen LogP contribution in [0, 0.1) is 23.2 Å². The molecule has 0 heterocycles. The highest BCUT2D eigenvalue weighted by Crippen LogP contribution is 2.62. The van der Waals surface area contributed by atoms with Crippen molar-refractivity contribution < 1.29 is 29.2 Å². The Labute approximate surface area is 216 Å². The molecule has 0 radical (unpaired) electrons. The molecule has 0 spiro atoms. The summed E-state index contributed by atoms with van der Waals surface area (Å²) < 4.78 is 16.1. The van der Waals surface area contributed by atoms with E-state index in [1.165, 1.54) is 36.8 Å². The lowest BCUT2D eigenvalue weighted by Crippen LogP contribution is -2.47. The fourth-order valence-corrected chi connectivity index (χ4v) is 7.57. The van der Waals surface area contributed by atoms with E-state index in [2.05, 4.69) is 13.0 Å². The smallest absolute Gasteiger partial charge is 0.145 e. The summed E-state index contributed by atoms with van der Waals surface area (Å²) in [5.41, 5.74) is 2.90. The number of carbonyl (C=O) groups is 1. The maximum atomic E-state index is 10.8. The number of rotatable bonds is 15. The molecule has 6 nitrogen and oxygen atoms in total. The molecule has 202 valence electrons. The van der Waals surface area contributed by atoms with E-state index >= 15 is 0 Å². The van der Waals surface area contributed by atoms with Gasteiger partial charge in [-0.3, -0.25) is 0 Å². The second-order valence-electron chi connectivity index (χ2n) is 11.4. The van der Waals surface area contributed by atoms with Gasteiger partial charge in [-0.05, 0) is 97.3 Å². The van der Waals surface area contributed by atoms with Crippen LogP contribution in [-0.4, -0.2) is 62.2 Å². The van der Waals surface area contributed by atoms with Gasteiger partial charge < -0.3 is 29.2 Å². The van der Waals surface area contributed by atoms with Crippen LogP contribution in [0.4, 0.5) is 0 Å². The summed E-state index contributed by atoms with van der Waals surface area (Å²) in [5, 5.41) is 21.0. The molecule has 0 aromatic heterocycles. The Kier molecular flexibility index (Phi) is 10.2. The van der Waals surface area contributed by atoms with Crippen molar-refractivity contribution in [1.82, 2.24) is 0 Å². The summed E-state index contributed by atoms with van der Waals surface area (Å²) in [6.07, 6.45) is 12.0. The SMILES string of the molecule is CC12CCC3c4ccc(O)cc4CC(CCCCCCOCCOCCOCC=O)C3C1CCC2O. The molecule has 2 fully saturated rings. The zero-order chi connectivity index (χ0) is 25.4. The molecule has 0 bridgehead atoms. The number of hydrogen-bond acceptors (Lipinski definition) is 6. The van der Waals surface area contributed by atoms with Gasteiger partial charge in [0.2, 0.25) is 0 Å². The van der Waals surface area contributed by atoms with Crippen LogP contribution in [0.25, 0.3) is 0 Å². The van der Waals surface area contributed by atoms with E-state index < -0.39 is 0 Å². The summed E-state index contributed by atoms with van der Waals surface area (Å²) in [5.74, 6) is 2.88. The third-order valence-electron chi connectivity index (χ3n) is 9.38. The van der Waals surface area contributed by atoms with Crippen molar-refractivity contribution in [1.29, 1.82) is 0 Å². The zero-order valence-electron chi connectivity index (χ0n) is 22.0. The van der Waals surface area contributed by atoms with Crippen LogP contribution in [-0.2, 0) is 25.4 Å². The van der Waals surface area contributed by atoms with Crippen LogP contribution >= 0.6 is 0 Å². The van der Waals surface area contributed by atoms with Gasteiger partial charge >= 0.3 is 0 Å². The number of ether oxygens (including phenoxy) is 3. The van der Waals surface area contributed by atoms with Crippen LogP contribution in [0.2, 0.25) is 0 Å². The molecule has 2 N–H and O–H groups in total. The standard InChI is InChI=1S/C30H46O6/c1-30-12-11-26-25-8-7-24(32)21-23(25)20-22(29(26)27(30)9-10-28(30)33)6-4-2-3-5-14-34-16-18-36-19-17-35-15-13-31/h7-8,13,21-22,26-29,32-33H,2-6,9-12,14-20H2,1H3. The third kappa shape index (κ3) is 6.50. The summed E-state index contributed by atoms with van der Waals surface area (Å²) in [6, 6.07) is 6.06. The first-order valence-electron chi connectivity index (χ1n) is 14.2. The molecule has 6 heteroatoms. The van der Waals surface area contributed by atoms with Gasteiger partial charge in [0.25, 0.3) is 0 Å². The normalized spacial score (nSPS) is 31.0. The third-order valence-corrected chi connectivity index (χ3v) is 9.38. The number of phenols is 1. The van der Waals surface area contributed by atoms with E-state index in [-0.39, 0.29) is 18.1 Å². The minimum atomic E-state index is -0.147. The average Bonchev–Trinajstić information content (AvgIpc) is 3.18. The van der Waals surface area contributed by atoms with Gasteiger partial charge in [-0.1, -0.05) is 32.3 Å². The lowest BCUT2D eigenvalue weighted by Gasteiger charge is -2.53. The van der Waals surface area contributed by atoms with Gasteiger partial charge in [0, 0.05) is 6.61 Å². The second-order valence-corrected chi connectivity index (χ2v) is 11.4. The molecule has 4 rings (SSSR count). The Morgan fingerprint density at radius 3 is 2.53 bits per heavy atom. The molecule has 36 heavy (non-hydrogen) atoms. The number of unbranched alkanes of at least 4 members (excludes halogenated alkanes) is 3. The highest BCUT2D eigenvalue weighted by Gasteiger charge is 2.56. The second kappa shape index (κ2) is 13.4. The first-order chi connectivity index (χ1) is 17.5. The Balaban J connectivity index is 1.19. The van der Waals surface area contributed by atoms with E-state index in [0.717, 1.165) is 51.4 Å². The molecule has 1 aromatic rings. The van der Waals surface area contributed by atoms with Gasteiger partial charge in [0.05, 0.1) is 32.5 Å². The van der Waals surface area contributed by atoms with Crippen molar-refractivity contribution in [3.63, 3.8) is 0 Å². The number of aldehydes is 1. The van der Waals surface area contributed by atoms with Crippen molar-refractivity contribution in [3.8, 4) is 5.75 Å². The first-order valence-corrected chi connectivity index (χ1v) is 14.2. The molecule has 1 aromatic carbocycles. The first kappa shape index (κ1) is 27.6. The van der Waals surface area contributed by atoms with Crippen LogP contribution in [0.1, 0.15) is 81.8 Å². The molecular weight excluding hydrogens is 456 g/mol. The van der Waals surface area contributed by atoms with Gasteiger partial charge in [0.15, 0.2) is 0 Å². The van der Waals surface area contributed by atoms with Crippen LogP contribution in [0.3, 0.4) is 0 Å². The molecule has 2 saturated carbocycles. The van der Waals surface area contributed by atoms with Gasteiger partial charge in [-0.2, -0.15) is 0 Å². The van der Waals surface area contributed by atoms with Crippen molar-refractivity contribution in [2.75, 3.05) is 39.6 Å². The number of benzene rings is 1. The minimum absolute atomic E-state index is 0.0808. The summed E-state index contributed by atoms with van der Waals surface area (Å²) in [4.78, 5) is 10.2. The number of carbonyl (C=O) groups excluding carboxylic acids is 1. The summed E-state index contributed by atoms with van der Waals surface area (Å²) >= 11 is 0. The number of hydrogen-bond donors (Lipinski definition) is 2. The quantitative estimate of drug-likeness (QED) is 0.258. The largest absolute Gasteiger partial charge is 0.508 e. The van der Waals surface area contributed by atoms with Crippen LogP contribution in [0.5, 0.6) is 5.75 Å². The van der Waals surface area contributed by atoms with E-state index in [4.69, 9.17) is 14.2 Å². The predicted octanol–water partition coefficient (Wildman–Crippen LogP) is 5.03. The lowest BCUT2D eigenvalue weighted by atomic mass is 9.52. The number of fused-ring (bicyclic) bond motifs is 5. The van der Waals surface area contributed by atoms with E-state index in [1.807, 2.05) is 12.1 Å². The monoisotopic (exact) mass is 502 g/mol. The maximum absolute atomic E-state index is 10.8. The Morgan fingerprint density at radius 2 is 1.72 bits per heavy atom. The van der Waals surface area contributed by atoms with Crippen molar-refractivity contribution in [2.24, 2.45) is 23.2 Å². The number of phenolic OH excluding ortho intramolecular Hbond substituents is 1. The molecule has 3 aliphatic rings. The molecule has 6 atom stereocenters. The zero-order valence-corrected chi connectivity index (χ0v) is 22.0. The number of aliphatic hydroxyl groups is 1. The van der Waals surface area contributed by atoms with Gasteiger partial charge in [-0.15, -0.1) is 0 Å². The Morgan fingerprint density at radius 1 is 0.972 bits per heavy atom. The fourth-order valence-electron chi connectivity index (χ4n) is 7.57. The number of aliphatic hydroxyl groups excluding tert-OH is 1. The van der Waals surface area contributed by atoms with Crippen LogP contribution in [0.15, 0.2) is 18.2 Å². The molecule has 3 aliphatic carbocycles. The highest BCUT2D eigenvalue weighted by molar-refractivity contribution is 5.50. The topological polar surface area (TPSA) is 85.2 Å². The molecule has 0 saturated heterocycles. The van der Waals surface area contributed by atoms with Gasteiger partial charge in [-0.25, -0.2) is 0 Å². The van der Waals surface area contributed by atoms with Crippen molar-refractivity contribution in [3.05, 3.63) is 29.3 Å². The maximum Gasteiger partial charge on any atom is 0.145 e. The Hall–Kier alpha value is -1.47. The molecular formula is C30H46O6. The van der Waals surface area contributed by atoms with E-state index in [1.54, 1.807) is 0 Å². The highest BCUT2D eigenvalue weighted by atomic mass is 16.5. The molecule has 6 unspecified atom stereocenters. The van der Waals surface area contributed by atoms with Crippen molar-refractivity contribution >= 4 is 6.29 Å². The molecule has 0 aliphatic heterocycles. The minimum Gasteiger partial charge on any atom is -0.508 e. The van der Waals surface area contributed by atoms with Crippen molar-refractivity contribution in [2.45, 2.75) is 83.2 Å². The Bertz CT molecular complexity index is 828. The van der Waals surface area contributed by atoms with E-state index in [0.29, 0.717) is 55.8 Å². The fraction of sp³-hybridized carbons (Fsp3) is 0.767. The lowest BCUT2D eigenvalue weighted by molar-refractivity contribution is -0.112. The summed E-state index contributed by atoms with van der Waals surface area (Å²) in [6.45, 7) is 5.32. The number of aromatic hydroxyl groups is 1. The van der Waals surface area contributed by atoms with E-state index in [9.17, 15) is 15.0 Å².